The molecule has 28 heavy (non-hydrogen) atoms. The minimum atomic E-state index is -5.44. The second kappa shape index (κ2) is 10.2. The Balaban J connectivity index is 0.00000392. The molecule has 0 bridgehead atoms. The topological polar surface area (TPSA) is 236 Å². The van der Waals surface area contributed by atoms with E-state index in [1.165, 1.54) is 0 Å². The summed E-state index contributed by atoms with van der Waals surface area (Å²) < 4.78 is 52.4. The molecule has 0 aromatic heterocycles. The van der Waals surface area contributed by atoms with Crippen molar-refractivity contribution < 1.29 is 96.7 Å². The van der Waals surface area contributed by atoms with E-state index in [-0.39, 0.29) is 29.6 Å². The third-order valence-electron chi connectivity index (χ3n) is 4.26. The summed E-state index contributed by atoms with van der Waals surface area (Å²) in [7, 11) is -5.44. The molecular formula is C12H21NaO14S. The van der Waals surface area contributed by atoms with Crippen LogP contribution in [0.3, 0.4) is 0 Å². The van der Waals surface area contributed by atoms with E-state index < -0.39 is 85.0 Å². The van der Waals surface area contributed by atoms with E-state index in [4.69, 9.17) is 19.3 Å². The predicted molar refractivity (Wildman–Crippen MR) is 77.2 cm³/mol. The summed E-state index contributed by atoms with van der Waals surface area (Å²) in [5.74, 6) is -2.61. The Morgan fingerprint density at radius 3 is 1.96 bits per heavy atom. The SMILES string of the molecule is O=S(=O)([O-])O[C@H]1[C@H](O)[C@@H](CO)O[C@@]1(CO)O[C@H]1O[C@H](CO)[C@@H](O)[C@H](O)[C@H]1O.[Na+]. The summed E-state index contributed by atoms with van der Waals surface area (Å²) in [4.78, 5) is 0. The fourth-order valence-electron chi connectivity index (χ4n) is 2.87. The zero-order chi connectivity index (χ0) is 20.6. The van der Waals surface area contributed by atoms with Gasteiger partial charge in [-0.3, -0.25) is 4.18 Å². The maximum Gasteiger partial charge on any atom is 1.00 e. The zero-order valence-electron chi connectivity index (χ0n) is 14.6. The third-order valence-corrected chi connectivity index (χ3v) is 4.70. The second-order valence-corrected chi connectivity index (χ2v) is 7.05. The van der Waals surface area contributed by atoms with Crippen molar-refractivity contribution in [3.8, 4) is 0 Å². The summed E-state index contributed by atoms with van der Waals surface area (Å²) in [6.45, 7) is -2.94. The summed E-state index contributed by atoms with van der Waals surface area (Å²) in [5.41, 5.74) is 0. The van der Waals surface area contributed by atoms with Gasteiger partial charge in [-0.2, -0.15) is 0 Å². The minimum Gasteiger partial charge on any atom is -0.726 e. The molecule has 160 valence electrons. The molecule has 16 heteroatoms. The van der Waals surface area contributed by atoms with Crippen molar-refractivity contribution in [1.29, 1.82) is 0 Å². The van der Waals surface area contributed by atoms with Crippen molar-refractivity contribution in [2.75, 3.05) is 19.8 Å². The van der Waals surface area contributed by atoms with Crippen LogP contribution in [0.1, 0.15) is 0 Å². The van der Waals surface area contributed by atoms with Gasteiger partial charge in [0.1, 0.15) is 43.2 Å². The molecule has 0 spiro atoms. The summed E-state index contributed by atoms with van der Waals surface area (Å²) in [6, 6.07) is 0. The number of hydrogen-bond acceptors (Lipinski definition) is 14. The Morgan fingerprint density at radius 1 is 0.929 bits per heavy atom. The van der Waals surface area contributed by atoms with Crippen LogP contribution in [0.2, 0.25) is 0 Å². The van der Waals surface area contributed by atoms with E-state index >= 15 is 0 Å². The van der Waals surface area contributed by atoms with Gasteiger partial charge >= 0.3 is 29.6 Å². The van der Waals surface area contributed by atoms with Gasteiger partial charge in [0.15, 0.2) is 12.4 Å². The number of aliphatic hydroxyl groups excluding tert-OH is 7. The van der Waals surface area contributed by atoms with Crippen LogP contribution in [-0.4, -0.2) is 123 Å². The van der Waals surface area contributed by atoms with E-state index in [1.54, 1.807) is 0 Å². The van der Waals surface area contributed by atoms with Crippen LogP contribution in [-0.2, 0) is 28.8 Å². The Kier molecular flexibility index (Phi) is 9.64. The minimum absolute atomic E-state index is 0. The first kappa shape index (κ1) is 26.5. The molecule has 0 aliphatic carbocycles. The molecule has 2 aliphatic rings. The molecule has 9 atom stereocenters. The monoisotopic (exact) mass is 444 g/mol. The Labute approximate surface area is 181 Å². The Hall–Kier alpha value is 0.470. The molecule has 0 saturated carbocycles. The zero-order valence-corrected chi connectivity index (χ0v) is 17.5. The molecule has 0 aromatic rings. The summed E-state index contributed by atoms with van der Waals surface area (Å²) in [5, 5.41) is 67.5. The Morgan fingerprint density at radius 2 is 1.50 bits per heavy atom. The molecule has 0 radical (unpaired) electrons. The van der Waals surface area contributed by atoms with Gasteiger partial charge < -0.3 is 54.5 Å². The second-order valence-electron chi connectivity index (χ2n) is 6.04. The van der Waals surface area contributed by atoms with Crippen LogP contribution in [0.15, 0.2) is 0 Å². The summed E-state index contributed by atoms with van der Waals surface area (Å²) >= 11 is 0. The van der Waals surface area contributed by atoms with Gasteiger partial charge in [0.05, 0.1) is 13.2 Å². The van der Waals surface area contributed by atoms with Crippen LogP contribution >= 0.6 is 0 Å². The fourth-order valence-corrected chi connectivity index (χ4v) is 3.39. The molecule has 0 aromatic carbocycles. The van der Waals surface area contributed by atoms with Crippen molar-refractivity contribution in [3.63, 3.8) is 0 Å². The molecule has 2 fully saturated rings. The average molecular weight is 444 g/mol. The molecule has 0 unspecified atom stereocenters. The Bertz CT molecular complexity index is 603. The molecule has 7 N–H and O–H groups in total. The van der Waals surface area contributed by atoms with Gasteiger partial charge in [-0.1, -0.05) is 0 Å². The van der Waals surface area contributed by atoms with Gasteiger partial charge in [-0.05, 0) is 0 Å². The van der Waals surface area contributed by atoms with Crippen molar-refractivity contribution >= 4 is 10.4 Å². The van der Waals surface area contributed by atoms with E-state index in [1.807, 2.05) is 0 Å². The molecule has 2 rings (SSSR count). The van der Waals surface area contributed by atoms with Crippen LogP contribution < -0.4 is 29.6 Å². The first-order valence-electron chi connectivity index (χ1n) is 7.69. The first-order chi connectivity index (χ1) is 12.5. The smallest absolute Gasteiger partial charge is 0.726 e. The van der Waals surface area contributed by atoms with Crippen LogP contribution in [0.4, 0.5) is 0 Å². The maximum atomic E-state index is 11.0. The van der Waals surface area contributed by atoms with Crippen LogP contribution in [0.25, 0.3) is 0 Å². The number of aliphatic hydroxyl groups is 7. The molecule has 0 amide bonds. The van der Waals surface area contributed by atoms with Crippen molar-refractivity contribution in [2.24, 2.45) is 0 Å². The fraction of sp³-hybridized carbons (Fsp3) is 1.00. The molecule has 2 heterocycles. The average Bonchev–Trinajstić information content (AvgIpc) is 2.86. The van der Waals surface area contributed by atoms with Crippen LogP contribution in [0.5, 0.6) is 0 Å². The predicted octanol–water partition coefficient (Wildman–Crippen LogP) is -8.91. The largest absolute Gasteiger partial charge is 1.00 e. The number of ether oxygens (including phenoxy) is 3. The van der Waals surface area contributed by atoms with Crippen molar-refractivity contribution in [2.45, 2.75) is 54.8 Å². The molecule has 2 aliphatic heterocycles. The number of rotatable bonds is 7. The third kappa shape index (κ3) is 5.38. The van der Waals surface area contributed by atoms with Crippen LogP contribution in [0, 0.1) is 0 Å². The maximum absolute atomic E-state index is 11.0. The van der Waals surface area contributed by atoms with E-state index in [9.17, 15) is 43.6 Å². The van der Waals surface area contributed by atoms with Crippen molar-refractivity contribution in [3.05, 3.63) is 0 Å². The van der Waals surface area contributed by atoms with Gasteiger partial charge in [0.2, 0.25) is 16.2 Å². The summed E-state index contributed by atoms with van der Waals surface area (Å²) in [6.07, 6.45) is -14.6. The van der Waals surface area contributed by atoms with Gasteiger partial charge in [0.25, 0.3) is 0 Å². The molecule has 14 nitrogen and oxygen atoms in total. The first-order valence-corrected chi connectivity index (χ1v) is 9.03. The standard InChI is InChI=1S/C12H22O14S.Na/c13-1-4-6(16)8(18)9(19)11(23-4)25-12(3-15)10(26-27(20,21)22)7(17)5(2-14)24-12;/h4-11,13-19H,1-3H2,(H,20,21,22);/q;+1/p-1/t4-,5-,6-,7-,8+,9-,10+,11-,12+;/m1./s1. The molecular weight excluding hydrogens is 423 g/mol. The normalized spacial score (nSPS) is 44.3. The van der Waals surface area contributed by atoms with Crippen molar-refractivity contribution in [1.82, 2.24) is 0 Å². The number of hydrogen-bond donors (Lipinski definition) is 7. The van der Waals surface area contributed by atoms with E-state index in [0.717, 1.165) is 0 Å². The van der Waals surface area contributed by atoms with Gasteiger partial charge in [-0.25, -0.2) is 8.42 Å². The van der Waals surface area contributed by atoms with Gasteiger partial charge in [-0.15, -0.1) is 0 Å². The molecule has 2 saturated heterocycles. The van der Waals surface area contributed by atoms with E-state index in [2.05, 4.69) is 4.18 Å². The van der Waals surface area contributed by atoms with Gasteiger partial charge in [0, 0.05) is 0 Å². The van der Waals surface area contributed by atoms with E-state index in [0.29, 0.717) is 0 Å². The quantitative estimate of drug-likeness (QED) is 0.110.